The summed E-state index contributed by atoms with van der Waals surface area (Å²) >= 11 is 0. The molecule has 2 aromatic rings. The fourth-order valence-electron chi connectivity index (χ4n) is 4.12. The fourth-order valence-corrected chi connectivity index (χ4v) is 4.12. The minimum absolute atomic E-state index is 0.306. The molecule has 2 aromatic heterocycles. The number of aromatic nitrogens is 2. The fraction of sp³-hybridized carbons (Fsp3) is 0.409. The number of fused-ring (bicyclic) bond motifs is 1. The molecule has 5 rings (SSSR count). The van der Waals surface area contributed by atoms with Gasteiger partial charge in [0.25, 0.3) is 0 Å². The lowest BCUT2D eigenvalue weighted by molar-refractivity contribution is -0.132. The summed E-state index contributed by atoms with van der Waals surface area (Å²) in [6.07, 6.45) is 8.97. The van der Waals surface area contributed by atoms with Gasteiger partial charge in [0.2, 0.25) is 11.8 Å². The molecule has 1 saturated heterocycles. The largest absolute Gasteiger partial charge is 0.481 e. The molecule has 0 unspecified atom stereocenters. The second-order valence-electron chi connectivity index (χ2n) is 7.71. The molecule has 2 aliphatic carbocycles. The molecule has 6 heteroatoms. The van der Waals surface area contributed by atoms with E-state index >= 15 is 0 Å². The molecule has 0 radical (unpaired) electrons. The van der Waals surface area contributed by atoms with Gasteiger partial charge in [-0.25, -0.2) is 4.98 Å². The van der Waals surface area contributed by atoms with Gasteiger partial charge in [0.15, 0.2) is 0 Å². The van der Waals surface area contributed by atoms with Crippen LogP contribution in [0.5, 0.6) is 5.88 Å². The van der Waals surface area contributed by atoms with Crippen molar-refractivity contribution in [3.05, 3.63) is 47.4 Å². The van der Waals surface area contributed by atoms with Crippen LogP contribution < -0.4 is 9.64 Å². The number of hydrogen-bond donors (Lipinski definition) is 0. The van der Waals surface area contributed by atoms with E-state index in [9.17, 15) is 4.79 Å². The smallest absolute Gasteiger partial charge is 0.225 e. The van der Waals surface area contributed by atoms with E-state index < -0.39 is 0 Å². The van der Waals surface area contributed by atoms with E-state index in [4.69, 9.17) is 4.74 Å². The van der Waals surface area contributed by atoms with Gasteiger partial charge in [-0.3, -0.25) is 9.78 Å². The van der Waals surface area contributed by atoms with Crippen LogP contribution in [0.15, 0.2) is 30.6 Å². The maximum absolute atomic E-state index is 12.3. The Morgan fingerprint density at radius 3 is 2.61 bits per heavy atom. The Hall–Kier alpha value is -2.89. The van der Waals surface area contributed by atoms with Crippen molar-refractivity contribution in [1.29, 1.82) is 0 Å². The highest BCUT2D eigenvalue weighted by molar-refractivity contribution is 5.91. The van der Waals surface area contributed by atoms with Crippen molar-refractivity contribution < 1.29 is 9.53 Å². The van der Waals surface area contributed by atoms with Crippen LogP contribution in [0, 0.1) is 5.92 Å². The van der Waals surface area contributed by atoms with Crippen molar-refractivity contribution in [2.45, 2.75) is 19.3 Å². The van der Waals surface area contributed by atoms with Gasteiger partial charge in [-0.15, -0.1) is 0 Å². The van der Waals surface area contributed by atoms with Gasteiger partial charge in [-0.1, -0.05) is 0 Å². The maximum atomic E-state index is 12.3. The summed E-state index contributed by atoms with van der Waals surface area (Å²) in [6.45, 7) is 3.38. The summed E-state index contributed by atoms with van der Waals surface area (Å²) in [5, 5.41) is 0. The van der Waals surface area contributed by atoms with Crippen LogP contribution >= 0.6 is 0 Å². The number of methoxy groups -OCH3 is 1. The van der Waals surface area contributed by atoms with Crippen LogP contribution in [0.4, 0.5) is 5.69 Å². The number of piperazine rings is 1. The number of carbonyl (C=O) groups excluding carboxylic acids is 1. The molecular weight excluding hydrogens is 352 g/mol. The van der Waals surface area contributed by atoms with Crippen molar-refractivity contribution in [3.8, 4) is 5.88 Å². The minimum atomic E-state index is 0.306. The highest BCUT2D eigenvalue weighted by Gasteiger charge is 2.35. The summed E-state index contributed by atoms with van der Waals surface area (Å²) in [6, 6.07) is 6.04. The lowest BCUT2D eigenvalue weighted by Gasteiger charge is -2.37. The monoisotopic (exact) mass is 376 g/mol. The van der Waals surface area contributed by atoms with Crippen molar-refractivity contribution in [2.24, 2.45) is 5.92 Å². The average Bonchev–Trinajstić information content (AvgIpc) is 3.51. The molecule has 0 atom stereocenters. The number of pyridine rings is 2. The molecule has 2 fully saturated rings. The quantitative estimate of drug-likeness (QED) is 0.821. The normalized spacial score (nSPS) is 18.7. The number of anilines is 1. The van der Waals surface area contributed by atoms with Crippen LogP contribution in [0.1, 0.15) is 29.7 Å². The SMILES string of the molecule is COc1ccc(C2=Cc3c(N4CCN(C(=O)C5CC5)CC4)ccnc3C2)cn1. The number of hydrogen-bond acceptors (Lipinski definition) is 5. The zero-order valence-electron chi connectivity index (χ0n) is 16.1. The molecule has 144 valence electrons. The van der Waals surface area contributed by atoms with Crippen LogP contribution in [-0.2, 0) is 11.2 Å². The number of carbonyl (C=O) groups is 1. The third kappa shape index (κ3) is 3.13. The summed E-state index contributed by atoms with van der Waals surface area (Å²) in [4.78, 5) is 25.7. The second-order valence-corrected chi connectivity index (χ2v) is 7.71. The van der Waals surface area contributed by atoms with E-state index in [1.54, 1.807) is 7.11 Å². The molecule has 3 heterocycles. The highest BCUT2D eigenvalue weighted by atomic mass is 16.5. The second kappa shape index (κ2) is 6.93. The zero-order chi connectivity index (χ0) is 19.1. The van der Waals surface area contributed by atoms with Gasteiger partial charge < -0.3 is 14.5 Å². The van der Waals surface area contributed by atoms with E-state index in [2.05, 4.69) is 27.0 Å². The standard InChI is InChI=1S/C22H24N4O2/c1-28-21-5-4-16(14-24-21)17-12-18-19(13-17)23-7-6-20(18)25-8-10-26(11-9-25)22(27)15-2-3-15/h4-7,12,14-15H,2-3,8-11,13H2,1H3. The number of amides is 1. The molecular formula is C22H24N4O2. The molecule has 3 aliphatic rings. The number of allylic oxidation sites excluding steroid dienone is 1. The van der Waals surface area contributed by atoms with Crippen molar-refractivity contribution in [2.75, 3.05) is 38.2 Å². The van der Waals surface area contributed by atoms with Gasteiger partial charge in [-0.2, -0.15) is 0 Å². The molecule has 0 N–H and O–H groups in total. The number of rotatable bonds is 4. The lowest BCUT2D eigenvalue weighted by atomic mass is 10.1. The van der Waals surface area contributed by atoms with Crippen molar-refractivity contribution >= 4 is 23.2 Å². The average molecular weight is 376 g/mol. The maximum Gasteiger partial charge on any atom is 0.225 e. The molecule has 0 spiro atoms. The molecule has 6 nitrogen and oxygen atoms in total. The van der Waals surface area contributed by atoms with Crippen LogP contribution in [0.3, 0.4) is 0 Å². The van der Waals surface area contributed by atoms with E-state index in [0.29, 0.717) is 17.7 Å². The van der Waals surface area contributed by atoms with Crippen molar-refractivity contribution in [1.82, 2.24) is 14.9 Å². The van der Waals surface area contributed by atoms with Gasteiger partial charge >= 0.3 is 0 Å². The van der Waals surface area contributed by atoms with Crippen LogP contribution in [0.25, 0.3) is 11.6 Å². The Morgan fingerprint density at radius 1 is 1.11 bits per heavy atom. The number of nitrogens with zero attached hydrogens (tertiary/aromatic N) is 4. The van der Waals surface area contributed by atoms with E-state index in [0.717, 1.165) is 56.7 Å². The van der Waals surface area contributed by atoms with Crippen LogP contribution in [-0.4, -0.2) is 54.1 Å². The first-order chi connectivity index (χ1) is 13.7. The minimum Gasteiger partial charge on any atom is -0.481 e. The number of ether oxygens (including phenoxy) is 1. The van der Waals surface area contributed by atoms with Gasteiger partial charge in [-0.05, 0) is 42.2 Å². The highest BCUT2D eigenvalue weighted by Crippen LogP contribution is 2.37. The molecule has 1 aliphatic heterocycles. The van der Waals surface area contributed by atoms with E-state index in [1.165, 1.54) is 16.8 Å². The Balaban J connectivity index is 1.35. The molecule has 28 heavy (non-hydrogen) atoms. The first-order valence-corrected chi connectivity index (χ1v) is 9.95. The molecule has 1 amide bonds. The van der Waals surface area contributed by atoms with E-state index in [-0.39, 0.29) is 0 Å². The van der Waals surface area contributed by atoms with Gasteiger partial charge in [0.1, 0.15) is 0 Å². The molecule has 0 aromatic carbocycles. The van der Waals surface area contributed by atoms with E-state index in [1.807, 2.05) is 29.4 Å². The Kier molecular flexibility index (Phi) is 4.26. The van der Waals surface area contributed by atoms with Gasteiger partial charge in [0, 0.05) is 68.2 Å². The Labute approximate surface area is 164 Å². The third-order valence-corrected chi connectivity index (χ3v) is 5.90. The first-order valence-electron chi connectivity index (χ1n) is 9.95. The summed E-state index contributed by atoms with van der Waals surface area (Å²) in [7, 11) is 1.63. The molecule has 0 bridgehead atoms. The summed E-state index contributed by atoms with van der Waals surface area (Å²) in [5.41, 5.74) is 5.87. The Morgan fingerprint density at radius 2 is 1.93 bits per heavy atom. The third-order valence-electron chi connectivity index (χ3n) is 5.90. The first kappa shape index (κ1) is 17.2. The summed E-state index contributed by atoms with van der Waals surface area (Å²) < 4.78 is 5.16. The van der Waals surface area contributed by atoms with Gasteiger partial charge in [0.05, 0.1) is 12.8 Å². The van der Waals surface area contributed by atoms with Crippen LogP contribution in [0.2, 0.25) is 0 Å². The lowest BCUT2D eigenvalue weighted by Crippen LogP contribution is -2.49. The topological polar surface area (TPSA) is 58.6 Å². The Bertz CT molecular complexity index is 926. The predicted octanol–water partition coefficient (Wildman–Crippen LogP) is 2.64. The molecule has 1 saturated carbocycles. The van der Waals surface area contributed by atoms with Crippen molar-refractivity contribution in [3.63, 3.8) is 0 Å². The predicted molar refractivity (Wildman–Crippen MR) is 108 cm³/mol. The zero-order valence-corrected chi connectivity index (χ0v) is 16.1. The summed E-state index contributed by atoms with van der Waals surface area (Å²) in [5.74, 6) is 1.28.